The maximum Gasteiger partial charge on any atom is 0.0757 e. The molecule has 1 saturated heterocycles. The van der Waals surface area contributed by atoms with Crippen LogP contribution in [0, 0.1) is 0 Å². The highest BCUT2D eigenvalue weighted by atomic mass is 16.5. The largest absolute Gasteiger partial charge is 0.394 e. The third-order valence-corrected chi connectivity index (χ3v) is 3.47. The Kier molecular flexibility index (Phi) is 5.59. The molecule has 0 saturated carbocycles. The van der Waals surface area contributed by atoms with Gasteiger partial charge in [0.25, 0.3) is 0 Å². The first-order chi connectivity index (χ1) is 8.24. The number of aliphatic hydroxyl groups excluding tert-OH is 1. The molecule has 4 heteroatoms. The van der Waals surface area contributed by atoms with Crippen LogP contribution in [0.3, 0.4) is 0 Å². The number of aliphatic hydroxyl groups is 1. The molecule has 1 aliphatic rings. The molecule has 0 bridgehead atoms. The van der Waals surface area contributed by atoms with Crippen molar-refractivity contribution in [3.8, 4) is 0 Å². The molecule has 1 fully saturated rings. The van der Waals surface area contributed by atoms with Crippen molar-refractivity contribution in [3.05, 3.63) is 0 Å². The molecule has 3 N–H and O–H groups in total. The fourth-order valence-corrected chi connectivity index (χ4v) is 2.70. The van der Waals surface area contributed by atoms with E-state index in [0.717, 1.165) is 38.9 Å². The number of ether oxygens (including phenoxy) is 1. The van der Waals surface area contributed by atoms with Crippen LogP contribution >= 0.6 is 0 Å². The third kappa shape index (κ3) is 5.65. The zero-order chi connectivity index (χ0) is 13.8. The van der Waals surface area contributed by atoms with Gasteiger partial charge in [0, 0.05) is 18.6 Å². The molecule has 0 aliphatic carbocycles. The Balaban J connectivity index is 2.23. The zero-order valence-electron chi connectivity index (χ0n) is 12.4. The van der Waals surface area contributed by atoms with Crippen molar-refractivity contribution in [1.29, 1.82) is 0 Å². The molecule has 0 amide bonds. The van der Waals surface area contributed by atoms with Crippen molar-refractivity contribution in [1.82, 2.24) is 4.90 Å². The SMILES string of the molecule is CC1CN(CCCCC(C)(N)CO)CC(C)(C)O1. The number of nitrogens with two attached hydrogens (primary N) is 1. The molecule has 4 nitrogen and oxygen atoms in total. The van der Waals surface area contributed by atoms with E-state index in [1.54, 1.807) is 0 Å². The number of unbranched alkanes of at least 4 members (excludes halogenated alkanes) is 1. The summed E-state index contributed by atoms with van der Waals surface area (Å²) in [5.41, 5.74) is 5.46. The van der Waals surface area contributed by atoms with Crippen molar-refractivity contribution >= 4 is 0 Å². The molecule has 1 rings (SSSR count). The van der Waals surface area contributed by atoms with E-state index in [-0.39, 0.29) is 12.2 Å². The zero-order valence-corrected chi connectivity index (χ0v) is 12.4. The lowest BCUT2D eigenvalue weighted by Crippen LogP contribution is -2.52. The van der Waals surface area contributed by atoms with Gasteiger partial charge in [0.1, 0.15) is 0 Å². The summed E-state index contributed by atoms with van der Waals surface area (Å²) in [6.45, 7) is 11.5. The van der Waals surface area contributed by atoms with Gasteiger partial charge in [0.2, 0.25) is 0 Å². The second-order valence-corrected chi connectivity index (χ2v) is 6.69. The summed E-state index contributed by atoms with van der Waals surface area (Å²) in [4.78, 5) is 2.47. The van der Waals surface area contributed by atoms with Gasteiger partial charge < -0.3 is 15.6 Å². The summed E-state index contributed by atoms with van der Waals surface area (Å²) >= 11 is 0. The van der Waals surface area contributed by atoms with Crippen LogP contribution in [0.5, 0.6) is 0 Å². The van der Waals surface area contributed by atoms with E-state index >= 15 is 0 Å². The highest BCUT2D eigenvalue weighted by molar-refractivity contribution is 4.83. The molecule has 0 spiro atoms. The lowest BCUT2D eigenvalue weighted by molar-refractivity contribution is -0.128. The lowest BCUT2D eigenvalue weighted by Gasteiger charge is -2.41. The van der Waals surface area contributed by atoms with Gasteiger partial charge in [-0.1, -0.05) is 6.42 Å². The molecule has 1 aliphatic heterocycles. The Morgan fingerprint density at radius 1 is 1.44 bits per heavy atom. The molecule has 0 aromatic carbocycles. The smallest absolute Gasteiger partial charge is 0.0757 e. The summed E-state index contributed by atoms with van der Waals surface area (Å²) in [6, 6.07) is 0. The molecule has 0 radical (unpaired) electrons. The van der Waals surface area contributed by atoms with E-state index in [4.69, 9.17) is 15.6 Å². The van der Waals surface area contributed by atoms with Gasteiger partial charge >= 0.3 is 0 Å². The molecular formula is C14H30N2O2. The normalized spacial score (nSPS) is 28.0. The molecule has 0 aromatic heterocycles. The monoisotopic (exact) mass is 258 g/mol. The highest BCUT2D eigenvalue weighted by Gasteiger charge is 2.30. The maximum atomic E-state index is 9.09. The van der Waals surface area contributed by atoms with Crippen molar-refractivity contribution in [2.24, 2.45) is 5.73 Å². The van der Waals surface area contributed by atoms with Crippen LogP contribution in [0.15, 0.2) is 0 Å². The minimum absolute atomic E-state index is 0.0366. The highest BCUT2D eigenvalue weighted by Crippen LogP contribution is 2.21. The van der Waals surface area contributed by atoms with Gasteiger partial charge in [0.15, 0.2) is 0 Å². The van der Waals surface area contributed by atoms with Crippen LogP contribution < -0.4 is 5.73 Å². The van der Waals surface area contributed by atoms with Crippen LogP contribution in [0.25, 0.3) is 0 Å². The molecular weight excluding hydrogens is 228 g/mol. The van der Waals surface area contributed by atoms with Crippen LogP contribution in [-0.2, 0) is 4.74 Å². The summed E-state index contributed by atoms with van der Waals surface area (Å²) < 4.78 is 5.89. The standard InChI is InChI=1S/C14H30N2O2/c1-12-9-16(10-13(2,3)18-12)8-6-5-7-14(4,15)11-17/h12,17H,5-11,15H2,1-4H3. The van der Waals surface area contributed by atoms with Crippen LogP contribution in [0.4, 0.5) is 0 Å². The Morgan fingerprint density at radius 3 is 2.67 bits per heavy atom. The first kappa shape index (κ1) is 15.9. The van der Waals surface area contributed by atoms with Crippen molar-refractivity contribution in [2.75, 3.05) is 26.2 Å². The fourth-order valence-electron chi connectivity index (χ4n) is 2.70. The summed E-state index contributed by atoms with van der Waals surface area (Å²) in [5.74, 6) is 0. The van der Waals surface area contributed by atoms with Gasteiger partial charge in [-0.15, -0.1) is 0 Å². The van der Waals surface area contributed by atoms with Gasteiger partial charge in [0.05, 0.1) is 18.3 Å². The average molecular weight is 258 g/mol. The van der Waals surface area contributed by atoms with Crippen LogP contribution in [-0.4, -0.2) is 53.5 Å². The second-order valence-electron chi connectivity index (χ2n) is 6.69. The first-order valence-electron chi connectivity index (χ1n) is 7.04. The predicted molar refractivity (Wildman–Crippen MR) is 74.6 cm³/mol. The van der Waals surface area contributed by atoms with E-state index in [1.165, 1.54) is 0 Å². The molecule has 2 unspecified atom stereocenters. The Hall–Kier alpha value is -0.160. The van der Waals surface area contributed by atoms with E-state index in [2.05, 4.69) is 25.7 Å². The minimum Gasteiger partial charge on any atom is -0.394 e. The van der Waals surface area contributed by atoms with Gasteiger partial charge in [-0.2, -0.15) is 0 Å². The quantitative estimate of drug-likeness (QED) is 0.706. The summed E-state index contributed by atoms with van der Waals surface area (Å²) in [7, 11) is 0. The van der Waals surface area contributed by atoms with Gasteiger partial charge in [-0.05, 0) is 47.1 Å². The molecule has 18 heavy (non-hydrogen) atoms. The summed E-state index contributed by atoms with van der Waals surface area (Å²) in [6.07, 6.45) is 3.40. The van der Waals surface area contributed by atoms with Crippen molar-refractivity contribution < 1.29 is 9.84 Å². The number of morpholine rings is 1. The van der Waals surface area contributed by atoms with E-state index in [9.17, 15) is 0 Å². The van der Waals surface area contributed by atoms with Crippen LogP contribution in [0.1, 0.15) is 47.0 Å². The molecule has 2 atom stereocenters. The van der Waals surface area contributed by atoms with Crippen LogP contribution in [0.2, 0.25) is 0 Å². The van der Waals surface area contributed by atoms with Gasteiger partial charge in [-0.25, -0.2) is 0 Å². The number of hydrogen-bond donors (Lipinski definition) is 2. The Morgan fingerprint density at radius 2 is 2.11 bits per heavy atom. The number of nitrogens with zero attached hydrogens (tertiary/aromatic N) is 1. The predicted octanol–water partition coefficient (Wildman–Crippen LogP) is 1.37. The number of hydrogen-bond acceptors (Lipinski definition) is 4. The van der Waals surface area contributed by atoms with E-state index in [0.29, 0.717) is 6.10 Å². The van der Waals surface area contributed by atoms with Gasteiger partial charge in [-0.3, -0.25) is 4.90 Å². The van der Waals surface area contributed by atoms with Crippen molar-refractivity contribution in [3.63, 3.8) is 0 Å². The minimum atomic E-state index is -0.419. The lowest BCUT2D eigenvalue weighted by atomic mass is 9.97. The molecule has 1 heterocycles. The molecule has 108 valence electrons. The first-order valence-corrected chi connectivity index (χ1v) is 7.04. The maximum absolute atomic E-state index is 9.09. The van der Waals surface area contributed by atoms with E-state index < -0.39 is 5.54 Å². The average Bonchev–Trinajstić information content (AvgIpc) is 2.22. The summed E-state index contributed by atoms with van der Waals surface area (Å²) in [5, 5.41) is 9.09. The third-order valence-electron chi connectivity index (χ3n) is 3.47. The second kappa shape index (κ2) is 6.33. The Bertz CT molecular complexity index is 254. The number of rotatable bonds is 6. The van der Waals surface area contributed by atoms with Crippen molar-refractivity contribution in [2.45, 2.75) is 64.2 Å². The molecule has 0 aromatic rings. The van der Waals surface area contributed by atoms with E-state index in [1.807, 2.05) is 6.92 Å². The fraction of sp³-hybridized carbons (Fsp3) is 1.00. The Labute approximate surface area is 111 Å². The topological polar surface area (TPSA) is 58.7 Å².